The number of ether oxygens (including phenoxy) is 1. The third kappa shape index (κ3) is 14.3. The number of carbonyl (C=O) groups excluding carboxylic acids is 1. The molecule has 1 unspecified atom stereocenters. The Kier molecular flexibility index (Phi) is 15.2. The average Bonchev–Trinajstić information content (AvgIpc) is 3.11. The highest BCUT2D eigenvalue weighted by Crippen LogP contribution is 2.14. The van der Waals surface area contributed by atoms with E-state index in [1.54, 1.807) is 0 Å². The van der Waals surface area contributed by atoms with Gasteiger partial charge < -0.3 is 4.74 Å². The minimum atomic E-state index is -0.0194. The summed E-state index contributed by atoms with van der Waals surface area (Å²) in [5, 5.41) is 3.20. The monoisotopic (exact) mass is 353 g/mol. The van der Waals surface area contributed by atoms with Crippen molar-refractivity contribution in [2.75, 3.05) is 6.54 Å². The molecule has 0 spiro atoms. The fourth-order valence-electron chi connectivity index (χ4n) is 3.61. The second-order valence-electron chi connectivity index (χ2n) is 7.77. The zero-order valence-electron chi connectivity index (χ0n) is 16.8. The number of carbonyl (C=O) groups is 1. The van der Waals surface area contributed by atoms with Gasteiger partial charge in [0, 0.05) is 6.42 Å². The highest BCUT2D eigenvalue weighted by Gasteiger charge is 2.17. The van der Waals surface area contributed by atoms with Crippen LogP contribution in [-0.4, -0.2) is 18.7 Å². The summed E-state index contributed by atoms with van der Waals surface area (Å²) in [6.07, 6.45) is 23.0. The molecule has 1 N–H and O–H groups in total. The SMILES string of the molecule is CCCCCCCCCCCCCCCCCC(=O)OC1CCCN1. The first-order valence-corrected chi connectivity index (χ1v) is 11.3. The van der Waals surface area contributed by atoms with Gasteiger partial charge in [-0.3, -0.25) is 10.1 Å². The molecular formula is C22H43NO2. The van der Waals surface area contributed by atoms with Gasteiger partial charge in [0.1, 0.15) is 0 Å². The van der Waals surface area contributed by atoms with Crippen LogP contribution in [0.4, 0.5) is 0 Å². The minimum absolute atomic E-state index is 0.0103. The molecule has 25 heavy (non-hydrogen) atoms. The Morgan fingerprint density at radius 3 is 1.72 bits per heavy atom. The van der Waals surface area contributed by atoms with Crippen molar-refractivity contribution in [3.8, 4) is 0 Å². The maximum absolute atomic E-state index is 11.7. The van der Waals surface area contributed by atoms with Gasteiger partial charge in [-0.25, -0.2) is 0 Å². The van der Waals surface area contributed by atoms with E-state index in [9.17, 15) is 4.79 Å². The van der Waals surface area contributed by atoms with E-state index in [-0.39, 0.29) is 12.2 Å². The summed E-state index contributed by atoms with van der Waals surface area (Å²) in [4.78, 5) is 11.7. The predicted octanol–water partition coefficient (Wildman–Crippen LogP) is 6.50. The maximum atomic E-state index is 11.7. The molecule has 3 nitrogen and oxygen atoms in total. The second-order valence-corrected chi connectivity index (χ2v) is 7.77. The standard InChI is InChI=1S/C22H43NO2/c1-2-3-4-5-6-7-8-9-10-11-12-13-14-15-16-19-22(24)25-21-18-17-20-23-21/h21,23H,2-20H2,1H3. The van der Waals surface area contributed by atoms with Crippen LogP contribution >= 0.6 is 0 Å². The van der Waals surface area contributed by atoms with E-state index in [0.717, 1.165) is 25.8 Å². The highest BCUT2D eigenvalue weighted by atomic mass is 16.6. The number of hydrogen-bond acceptors (Lipinski definition) is 3. The summed E-state index contributed by atoms with van der Waals surface area (Å²) in [6.45, 7) is 3.26. The van der Waals surface area contributed by atoms with Crippen molar-refractivity contribution in [1.29, 1.82) is 0 Å². The summed E-state index contributed by atoms with van der Waals surface area (Å²) in [5.41, 5.74) is 0. The van der Waals surface area contributed by atoms with Crippen LogP contribution in [0.25, 0.3) is 0 Å². The first kappa shape index (κ1) is 22.5. The van der Waals surface area contributed by atoms with Crippen LogP contribution in [0.1, 0.15) is 122 Å². The summed E-state index contributed by atoms with van der Waals surface area (Å²) in [6, 6.07) is 0. The van der Waals surface area contributed by atoms with Crippen LogP contribution in [0.15, 0.2) is 0 Å². The third-order valence-corrected chi connectivity index (χ3v) is 5.27. The lowest BCUT2D eigenvalue weighted by molar-refractivity contribution is -0.149. The molecule has 1 saturated heterocycles. The van der Waals surface area contributed by atoms with E-state index in [2.05, 4.69) is 12.2 Å². The van der Waals surface area contributed by atoms with Gasteiger partial charge in [0.05, 0.1) is 0 Å². The Labute approximate surface area is 156 Å². The van der Waals surface area contributed by atoms with Crippen LogP contribution < -0.4 is 5.32 Å². The molecule has 3 heteroatoms. The van der Waals surface area contributed by atoms with Crippen LogP contribution in [0.2, 0.25) is 0 Å². The highest BCUT2D eigenvalue weighted by molar-refractivity contribution is 5.69. The minimum Gasteiger partial charge on any atom is -0.447 e. The molecule has 1 aliphatic rings. The van der Waals surface area contributed by atoms with Gasteiger partial charge in [-0.1, -0.05) is 96.8 Å². The zero-order valence-corrected chi connectivity index (χ0v) is 16.8. The molecule has 0 radical (unpaired) electrons. The Morgan fingerprint density at radius 1 is 0.800 bits per heavy atom. The summed E-state index contributed by atoms with van der Waals surface area (Å²) in [5.74, 6) is -0.0194. The van der Waals surface area contributed by atoms with E-state index in [4.69, 9.17) is 4.74 Å². The molecule has 0 saturated carbocycles. The summed E-state index contributed by atoms with van der Waals surface area (Å²) < 4.78 is 5.38. The summed E-state index contributed by atoms with van der Waals surface area (Å²) in [7, 11) is 0. The second kappa shape index (κ2) is 16.9. The van der Waals surface area contributed by atoms with Gasteiger partial charge >= 0.3 is 5.97 Å². The molecule has 148 valence electrons. The largest absolute Gasteiger partial charge is 0.447 e. The van der Waals surface area contributed by atoms with E-state index in [0.29, 0.717) is 6.42 Å². The van der Waals surface area contributed by atoms with Gasteiger partial charge in [-0.05, 0) is 25.8 Å². The third-order valence-electron chi connectivity index (χ3n) is 5.27. The van der Waals surface area contributed by atoms with Gasteiger partial charge in [-0.2, -0.15) is 0 Å². The van der Waals surface area contributed by atoms with Gasteiger partial charge in [0.2, 0.25) is 0 Å². The molecule has 1 aliphatic heterocycles. The van der Waals surface area contributed by atoms with Crippen LogP contribution in [0.3, 0.4) is 0 Å². The lowest BCUT2D eigenvalue weighted by Crippen LogP contribution is -2.27. The van der Waals surface area contributed by atoms with Crippen LogP contribution in [0.5, 0.6) is 0 Å². The molecule has 0 aromatic carbocycles. The first-order chi connectivity index (χ1) is 12.3. The molecular weight excluding hydrogens is 310 g/mol. The number of nitrogens with one attached hydrogen (secondary N) is 1. The van der Waals surface area contributed by atoms with Crippen molar-refractivity contribution in [3.05, 3.63) is 0 Å². The number of rotatable bonds is 17. The Morgan fingerprint density at radius 2 is 1.28 bits per heavy atom. The molecule has 0 amide bonds. The fraction of sp³-hybridized carbons (Fsp3) is 0.955. The number of hydrogen-bond donors (Lipinski definition) is 1. The van der Waals surface area contributed by atoms with Crippen molar-refractivity contribution < 1.29 is 9.53 Å². The quantitative estimate of drug-likeness (QED) is 0.239. The molecule has 0 aromatic heterocycles. The van der Waals surface area contributed by atoms with Crippen LogP contribution in [-0.2, 0) is 9.53 Å². The molecule has 1 atom stereocenters. The van der Waals surface area contributed by atoms with E-state index in [1.807, 2.05) is 0 Å². The lowest BCUT2D eigenvalue weighted by atomic mass is 10.0. The van der Waals surface area contributed by atoms with Crippen molar-refractivity contribution in [2.24, 2.45) is 0 Å². The van der Waals surface area contributed by atoms with Gasteiger partial charge in [-0.15, -0.1) is 0 Å². The average molecular weight is 354 g/mol. The smallest absolute Gasteiger partial charge is 0.307 e. The fourth-order valence-corrected chi connectivity index (χ4v) is 3.61. The maximum Gasteiger partial charge on any atom is 0.307 e. The Bertz CT molecular complexity index is 300. The summed E-state index contributed by atoms with van der Waals surface area (Å²) >= 11 is 0. The van der Waals surface area contributed by atoms with Gasteiger partial charge in [0.15, 0.2) is 6.23 Å². The Hall–Kier alpha value is -0.570. The molecule has 1 rings (SSSR count). The van der Waals surface area contributed by atoms with Crippen molar-refractivity contribution in [1.82, 2.24) is 5.32 Å². The van der Waals surface area contributed by atoms with Crippen molar-refractivity contribution >= 4 is 5.97 Å². The number of unbranched alkanes of at least 4 members (excludes halogenated alkanes) is 14. The predicted molar refractivity (Wildman–Crippen MR) is 107 cm³/mol. The normalized spacial score (nSPS) is 17.1. The van der Waals surface area contributed by atoms with E-state index >= 15 is 0 Å². The number of esters is 1. The zero-order chi connectivity index (χ0) is 18.0. The molecule has 1 heterocycles. The lowest BCUT2D eigenvalue weighted by Gasteiger charge is -2.11. The van der Waals surface area contributed by atoms with Crippen LogP contribution in [0, 0.1) is 0 Å². The molecule has 1 fully saturated rings. The van der Waals surface area contributed by atoms with E-state index in [1.165, 1.54) is 89.9 Å². The van der Waals surface area contributed by atoms with Gasteiger partial charge in [0.25, 0.3) is 0 Å². The van der Waals surface area contributed by atoms with E-state index < -0.39 is 0 Å². The molecule has 0 bridgehead atoms. The molecule has 0 aromatic rings. The first-order valence-electron chi connectivity index (χ1n) is 11.3. The Balaban J connectivity index is 1.71. The van der Waals surface area contributed by atoms with Crippen molar-refractivity contribution in [2.45, 2.75) is 129 Å². The molecule has 0 aliphatic carbocycles. The topological polar surface area (TPSA) is 38.3 Å². The van der Waals surface area contributed by atoms with Crippen molar-refractivity contribution in [3.63, 3.8) is 0 Å².